The molecule has 0 aliphatic rings. The molecule has 3 nitrogen and oxygen atoms in total. The minimum atomic E-state index is -0.272. The first-order valence-electron chi connectivity index (χ1n) is 5.01. The van der Waals surface area contributed by atoms with Crippen LogP contribution in [-0.4, -0.2) is 15.6 Å². The average Bonchev–Trinajstić information content (AvgIpc) is 1.99. The normalized spacial score (nSPS) is 11.9. The Labute approximate surface area is 95.8 Å². The summed E-state index contributed by atoms with van der Waals surface area (Å²) < 4.78 is 5.64. The summed E-state index contributed by atoms with van der Waals surface area (Å²) >= 11 is 5.82. The minimum Gasteiger partial charge on any atom is -0.472 e. The van der Waals surface area contributed by atoms with E-state index >= 15 is 0 Å². The van der Waals surface area contributed by atoms with Crippen LogP contribution < -0.4 is 4.74 Å². The first kappa shape index (κ1) is 12.2. The molecule has 0 bridgehead atoms. The number of ether oxygens (including phenoxy) is 1. The van der Waals surface area contributed by atoms with Crippen LogP contribution >= 0.6 is 11.6 Å². The van der Waals surface area contributed by atoms with Crippen molar-refractivity contribution in [1.29, 1.82) is 0 Å². The lowest BCUT2D eigenvalue weighted by atomic mass is 10.1. The molecular weight excluding hydrogens is 212 g/mol. The molecule has 0 radical (unpaired) electrons. The molecule has 1 aromatic rings. The van der Waals surface area contributed by atoms with Crippen LogP contribution in [0.1, 0.15) is 46.2 Å². The molecule has 0 saturated carbocycles. The second kappa shape index (κ2) is 4.35. The highest BCUT2D eigenvalue weighted by atomic mass is 35.5. The van der Waals surface area contributed by atoms with Gasteiger partial charge >= 0.3 is 0 Å². The van der Waals surface area contributed by atoms with Crippen LogP contribution in [0, 0.1) is 0 Å². The second-order valence-electron chi connectivity index (χ2n) is 4.77. The molecule has 0 N–H and O–H groups in total. The number of rotatable bonds is 2. The standard InChI is InChI=1S/C11H17ClN2O/c1-7(2)8-6-9(14-10(12)13-8)15-11(3,4)5/h6-7H,1-5H3. The third-order valence-corrected chi connectivity index (χ3v) is 1.87. The van der Waals surface area contributed by atoms with Gasteiger partial charge in [0.05, 0.1) is 5.69 Å². The van der Waals surface area contributed by atoms with Crippen molar-refractivity contribution in [1.82, 2.24) is 9.97 Å². The highest BCUT2D eigenvalue weighted by Crippen LogP contribution is 2.22. The Morgan fingerprint density at radius 2 is 1.87 bits per heavy atom. The maximum Gasteiger partial charge on any atom is 0.225 e. The van der Waals surface area contributed by atoms with Gasteiger partial charge in [0, 0.05) is 6.07 Å². The Bertz CT molecular complexity index is 345. The third kappa shape index (κ3) is 4.04. The summed E-state index contributed by atoms with van der Waals surface area (Å²) in [6.07, 6.45) is 0. The van der Waals surface area contributed by atoms with Crippen LogP contribution in [0.5, 0.6) is 5.88 Å². The summed E-state index contributed by atoms with van der Waals surface area (Å²) in [6, 6.07) is 1.84. The van der Waals surface area contributed by atoms with E-state index in [0.29, 0.717) is 11.8 Å². The second-order valence-corrected chi connectivity index (χ2v) is 5.11. The lowest BCUT2D eigenvalue weighted by molar-refractivity contribution is 0.123. The van der Waals surface area contributed by atoms with E-state index in [2.05, 4.69) is 23.8 Å². The van der Waals surface area contributed by atoms with E-state index in [1.165, 1.54) is 0 Å². The van der Waals surface area contributed by atoms with Crippen molar-refractivity contribution in [3.8, 4) is 5.88 Å². The van der Waals surface area contributed by atoms with Gasteiger partial charge in [-0.3, -0.25) is 0 Å². The van der Waals surface area contributed by atoms with Crippen LogP contribution in [0.2, 0.25) is 5.28 Å². The van der Waals surface area contributed by atoms with Crippen LogP contribution in [0.25, 0.3) is 0 Å². The summed E-state index contributed by atoms with van der Waals surface area (Å²) in [4.78, 5) is 8.17. The summed E-state index contributed by atoms with van der Waals surface area (Å²) in [5.41, 5.74) is 0.626. The van der Waals surface area contributed by atoms with Gasteiger partial charge in [0.2, 0.25) is 11.2 Å². The lowest BCUT2D eigenvalue weighted by Crippen LogP contribution is -2.23. The van der Waals surface area contributed by atoms with Crippen molar-refractivity contribution >= 4 is 11.6 Å². The Hall–Kier alpha value is -0.830. The molecule has 0 atom stereocenters. The van der Waals surface area contributed by atoms with E-state index in [1.54, 1.807) is 0 Å². The molecule has 1 heterocycles. The largest absolute Gasteiger partial charge is 0.472 e. The Balaban J connectivity index is 2.99. The van der Waals surface area contributed by atoms with Crippen molar-refractivity contribution < 1.29 is 4.74 Å². The monoisotopic (exact) mass is 228 g/mol. The van der Waals surface area contributed by atoms with E-state index in [4.69, 9.17) is 16.3 Å². The third-order valence-electron chi connectivity index (χ3n) is 1.70. The van der Waals surface area contributed by atoms with E-state index in [0.717, 1.165) is 5.69 Å². The van der Waals surface area contributed by atoms with Gasteiger partial charge in [0.25, 0.3) is 0 Å². The number of hydrogen-bond acceptors (Lipinski definition) is 3. The molecule has 15 heavy (non-hydrogen) atoms. The summed E-state index contributed by atoms with van der Waals surface area (Å²) in [6.45, 7) is 10.0. The van der Waals surface area contributed by atoms with Gasteiger partial charge in [-0.05, 0) is 38.3 Å². The fourth-order valence-corrected chi connectivity index (χ4v) is 1.26. The van der Waals surface area contributed by atoms with Gasteiger partial charge in [-0.25, -0.2) is 4.98 Å². The Morgan fingerprint density at radius 1 is 1.27 bits per heavy atom. The molecule has 1 rings (SSSR count). The van der Waals surface area contributed by atoms with Crippen LogP contribution in [0.3, 0.4) is 0 Å². The Morgan fingerprint density at radius 3 is 2.33 bits per heavy atom. The average molecular weight is 229 g/mol. The van der Waals surface area contributed by atoms with Crippen molar-refractivity contribution in [3.63, 3.8) is 0 Å². The van der Waals surface area contributed by atoms with E-state index in [9.17, 15) is 0 Å². The maximum absolute atomic E-state index is 5.82. The van der Waals surface area contributed by atoms with Crippen molar-refractivity contribution in [2.75, 3.05) is 0 Å². The van der Waals surface area contributed by atoms with Gasteiger partial charge in [0.15, 0.2) is 0 Å². The fraction of sp³-hybridized carbons (Fsp3) is 0.636. The van der Waals surface area contributed by atoms with Gasteiger partial charge in [-0.15, -0.1) is 0 Å². The number of hydrogen-bond donors (Lipinski definition) is 0. The van der Waals surface area contributed by atoms with Crippen LogP contribution in [0.4, 0.5) is 0 Å². The first-order chi connectivity index (χ1) is 6.78. The smallest absolute Gasteiger partial charge is 0.225 e. The Kier molecular flexibility index (Phi) is 3.55. The zero-order valence-corrected chi connectivity index (χ0v) is 10.6. The molecule has 4 heteroatoms. The fourth-order valence-electron chi connectivity index (χ4n) is 1.08. The molecule has 0 amide bonds. The van der Waals surface area contributed by atoms with Crippen molar-refractivity contribution in [3.05, 3.63) is 17.0 Å². The van der Waals surface area contributed by atoms with Crippen LogP contribution in [0.15, 0.2) is 6.07 Å². The number of halogens is 1. The van der Waals surface area contributed by atoms with Gasteiger partial charge < -0.3 is 4.74 Å². The topological polar surface area (TPSA) is 35.0 Å². The predicted octanol–water partition coefficient (Wildman–Crippen LogP) is 3.43. The number of aromatic nitrogens is 2. The van der Waals surface area contributed by atoms with Crippen LogP contribution in [-0.2, 0) is 0 Å². The van der Waals surface area contributed by atoms with E-state index < -0.39 is 0 Å². The molecule has 0 aliphatic carbocycles. The number of nitrogens with zero attached hydrogens (tertiary/aromatic N) is 2. The molecule has 0 spiro atoms. The van der Waals surface area contributed by atoms with Gasteiger partial charge in [-0.2, -0.15) is 4.98 Å². The molecule has 0 fully saturated rings. The molecule has 1 aromatic heterocycles. The minimum absolute atomic E-state index is 0.237. The zero-order valence-electron chi connectivity index (χ0n) is 9.84. The van der Waals surface area contributed by atoms with Crippen molar-refractivity contribution in [2.45, 2.75) is 46.1 Å². The summed E-state index contributed by atoms with van der Waals surface area (Å²) in [5.74, 6) is 0.846. The first-order valence-corrected chi connectivity index (χ1v) is 5.39. The maximum atomic E-state index is 5.82. The van der Waals surface area contributed by atoms with E-state index in [1.807, 2.05) is 26.8 Å². The molecule has 0 unspecified atom stereocenters. The highest BCUT2D eigenvalue weighted by Gasteiger charge is 2.15. The predicted molar refractivity (Wildman–Crippen MR) is 61.5 cm³/mol. The molecule has 0 aromatic carbocycles. The van der Waals surface area contributed by atoms with Gasteiger partial charge in [0.1, 0.15) is 5.60 Å². The van der Waals surface area contributed by atoms with Gasteiger partial charge in [-0.1, -0.05) is 13.8 Å². The lowest BCUT2D eigenvalue weighted by Gasteiger charge is -2.20. The molecule has 0 aliphatic heterocycles. The summed E-state index contributed by atoms with van der Waals surface area (Å²) in [7, 11) is 0. The summed E-state index contributed by atoms with van der Waals surface area (Å²) in [5, 5.41) is 0.237. The zero-order chi connectivity index (χ0) is 11.6. The molecular formula is C11H17ClN2O. The van der Waals surface area contributed by atoms with E-state index in [-0.39, 0.29) is 10.9 Å². The quantitative estimate of drug-likeness (QED) is 0.728. The highest BCUT2D eigenvalue weighted by molar-refractivity contribution is 6.28. The molecule has 0 saturated heterocycles. The SMILES string of the molecule is CC(C)c1cc(OC(C)(C)C)nc(Cl)n1. The van der Waals surface area contributed by atoms with Crippen molar-refractivity contribution in [2.24, 2.45) is 0 Å². The molecule has 84 valence electrons.